The van der Waals surface area contributed by atoms with Crippen molar-refractivity contribution in [3.8, 4) is 0 Å². The number of amides is 1. The number of carbonyl (C=O) groups excluding carboxylic acids is 1. The Morgan fingerprint density at radius 2 is 2.04 bits per heavy atom. The van der Waals surface area contributed by atoms with Gasteiger partial charge in [0, 0.05) is 46.6 Å². The Bertz CT molecular complexity index is 613. The highest BCUT2D eigenvalue weighted by atomic mass is 16.2. The molecule has 0 spiro atoms. The molecule has 1 heterocycles. The van der Waals surface area contributed by atoms with Gasteiger partial charge in [-0.1, -0.05) is 26.7 Å². The first-order valence-electron chi connectivity index (χ1n) is 9.54. The van der Waals surface area contributed by atoms with Crippen molar-refractivity contribution in [1.82, 2.24) is 25.1 Å². The molecule has 2 N–H and O–H groups in total. The molecule has 7 nitrogen and oxygen atoms in total. The lowest BCUT2D eigenvalue weighted by molar-refractivity contribution is -0.138. The van der Waals surface area contributed by atoms with Gasteiger partial charge < -0.3 is 20.1 Å². The van der Waals surface area contributed by atoms with E-state index >= 15 is 0 Å². The molecule has 0 atom stereocenters. The first-order chi connectivity index (χ1) is 12.4. The topological polar surface area (TPSA) is 74.5 Å². The number of rotatable bonds is 7. The summed E-state index contributed by atoms with van der Waals surface area (Å²) in [5.74, 6) is 2.48. The molecule has 0 aliphatic heterocycles. The van der Waals surface area contributed by atoms with E-state index in [1.807, 2.05) is 26.5 Å². The van der Waals surface area contributed by atoms with Gasteiger partial charge in [-0.2, -0.15) is 0 Å². The van der Waals surface area contributed by atoms with E-state index in [9.17, 15) is 4.79 Å². The van der Waals surface area contributed by atoms with Crippen LogP contribution in [0.4, 0.5) is 0 Å². The smallest absolute Gasteiger partial charge is 0.230 e. The molecular weight excluding hydrogens is 328 g/mol. The van der Waals surface area contributed by atoms with E-state index in [1.54, 1.807) is 11.9 Å². The van der Waals surface area contributed by atoms with Gasteiger partial charge in [-0.15, -0.1) is 0 Å². The predicted octanol–water partition coefficient (Wildman–Crippen LogP) is 1.85. The number of hydrogen-bond acceptors (Lipinski definition) is 3. The maximum Gasteiger partial charge on any atom is 0.230 e. The second kappa shape index (κ2) is 9.05. The zero-order chi connectivity index (χ0) is 19.2. The second-order valence-electron chi connectivity index (χ2n) is 7.86. The van der Waals surface area contributed by atoms with Gasteiger partial charge in [-0.25, -0.2) is 4.98 Å². The Hall–Kier alpha value is -2.05. The third-order valence-electron chi connectivity index (χ3n) is 5.02. The van der Waals surface area contributed by atoms with Crippen LogP contribution in [0.2, 0.25) is 0 Å². The third kappa shape index (κ3) is 4.99. The molecule has 0 bridgehead atoms. The Morgan fingerprint density at radius 1 is 1.35 bits per heavy atom. The van der Waals surface area contributed by atoms with Crippen molar-refractivity contribution in [3.05, 3.63) is 18.2 Å². The van der Waals surface area contributed by atoms with Gasteiger partial charge in [0.15, 0.2) is 5.96 Å². The van der Waals surface area contributed by atoms with E-state index in [0.29, 0.717) is 25.0 Å². The van der Waals surface area contributed by atoms with Crippen molar-refractivity contribution < 1.29 is 4.79 Å². The SMILES string of the molecule is CN=C(NCc1nccn1CC(C)C)NCC1(C(=O)N(C)C)CCCC1. The minimum Gasteiger partial charge on any atom is -0.355 e. The second-order valence-corrected chi connectivity index (χ2v) is 7.86. The van der Waals surface area contributed by atoms with Crippen molar-refractivity contribution in [2.24, 2.45) is 16.3 Å². The largest absolute Gasteiger partial charge is 0.355 e. The molecule has 1 aliphatic carbocycles. The summed E-state index contributed by atoms with van der Waals surface area (Å²) in [6.07, 6.45) is 7.94. The number of guanidine groups is 1. The van der Waals surface area contributed by atoms with E-state index in [2.05, 4.69) is 39.0 Å². The van der Waals surface area contributed by atoms with Crippen molar-refractivity contribution >= 4 is 11.9 Å². The van der Waals surface area contributed by atoms with Gasteiger partial charge >= 0.3 is 0 Å². The van der Waals surface area contributed by atoms with E-state index in [1.165, 1.54) is 0 Å². The van der Waals surface area contributed by atoms with Crippen molar-refractivity contribution in [3.63, 3.8) is 0 Å². The quantitative estimate of drug-likeness (QED) is 0.573. The van der Waals surface area contributed by atoms with Crippen LogP contribution in [0.25, 0.3) is 0 Å². The summed E-state index contributed by atoms with van der Waals surface area (Å²) < 4.78 is 2.17. The predicted molar refractivity (Wildman–Crippen MR) is 105 cm³/mol. The van der Waals surface area contributed by atoms with Crippen LogP contribution in [0.1, 0.15) is 45.4 Å². The number of nitrogens with zero attached hydrogens (tertiary/aromatic N) is 4. The minimum absolute atomic E-state index is 0.213. The van der Waals surface area contributed by atoms with E-state index < -0.39 is 0 Å². The molecule has 2 rings (SSSR count). The lowest BCUT2D eigenvalue weighted by Gasteiger charge is -2.31. The number of aliphatic imine (C=N–C) groups is 1. The molecule has 0 radical (unpaired) electrons. The summed E-state index contributed by atoms with van der Waals surface area (Å²) in [4.78, 5) is 23.1. The van der Waals surface area contributed by atoms with Crippen LogP contribution in [0.3, 0.4) is 0 Å². The van der Waals surface area contributed by atoms with Gasteiger partial charge in [-0.05, 0) is 18.8 Å². The number of aromatic nitrogens is 2. The molecule has 0 unspecified atom stereocenters. The molecule has 1 amide bonds. The first kappa shape index (κ1) is 20.3. The monoisotopic (exact) mass is 362 g/mol. The van der Waals surface area contributed by atoms with E-state index in [4.69, 9.17) is 0 Å². The highest BCUT2D eigenvalue weighted by Gasteiger charge is 2.42. The van der Waals surface area contributed by atoms with E-state index in [0.717, 1.165) is 38.1 Å². The Morgan fingerprint density at radius 3 is 2.62 bits per heavy atom. The lowest BCUT2D eigenvalue weighted by Crippen LogP contribution is -2.49. The highest BCUT2D eigenvalue weighted by molar-refractivity contribution is 5.85. The van der Waals surface area contributed by atoms with Crippen LogP contribution in [0.5, 0.6) is 0 Å². The third-order valence-corrected chi connectivity index (χ3v) is 5.02. The number of carbonyl (C=O) groups is 1. The van der Waals surface area contributed by atoms with Crippen LogP contribution < -0.4 is 10.6 Å². The molecule has 146 valence electrons. The minimum atomic E-state index is -0.308. The van der Waals surface area contributed by atoms with Crippen molar-refractivity contribution in [2.75, 3.05) is 27.7 Å². The zero-order valence-electron chi connectivity index (χ0n) is 16.9. The maximum atomic E-state index is 12.7. The van der Waals surface area contributed by atoms with Crippen LogP contribution in [0.15, 0.2) is 17.4 Å². The molecule has 1 aromatic rings. The van der Waals surface area contributed by atoms with Crippen LogP contribution in [-0.4, -0.2) is 54.0 Å². The van der Waals surface area contributed by atoms with Crippen LogP contribution in [-0.2, 0) is 17.9 Å². The van der Waals surface area contributed by atoms with Gasteiger partial charge in [0.2, 0.25) is 5.91 Å². The normalized spacial score (nSPS) is 16.8. The van der Waals surface area contributed by atoms with Gasteiger partial charge in [0.05, 0.1) is 12.0 Å². The van der Waals surface area contributed by atoms with E-state index in [-0.39, 0.29) is 11.3 Å². The van der Waals surface area contributed by atoms with Crippen molar-refractivity contribution in [2.45, 2.75) is 52.6 Å². The summed E-state index contributed by atoms with van der Waals surface area (Å²) in [6, 6.07) is 0. The zero-order valence-corrected chi connectivity index (χ0v) is 16.9. The summed E-state index contributed by atoms with van der Waals surface area (Å²) in [7, 11) is 5.43. The Kier molecular flexibility index (Phi) is 7.06. The number of hydrogen-bond donors (Lipinski definition) is 2. The average molecular weight is 363 g/mol. The first-order valence-corrected chi connectivity index (χ1v) is 9.54. The molecule has 7 heteroatoms. The molecule has 1 aromatic heterocycles. The number of imidazole rings is 1. The molecule has 26 heavy (non-hydrogen) atoms. The summed E-state index contributed by atoms with van der Waals surface area (Å²) in [6.45, 7) is 6.56. The summed E-state index contributed by atoms with van der Waals surface area (Å²) >= 11 is 0. The molecular formula is C19H34N6O. The fourth-order valence-electron chi connectivity index (χ4n) is 3.70. The van der Waals surface area contributed by atoms with Gasteiger partial charge in [-0.3, -0.25) is 9.79 Å². The highest BCUT2D eigenvalue weighted by Crippen LogP contribution is 2.38. The van der Waals surface area contributed by atoms with Crippen LogP contribution >= 0.6 is 0 Å². The summed E-state index contributed by atoms with van der Waals surface area (Å²) in [5, 5.41) is 6.69. The fraction of sp³-hybridized carbons (Fsp3) is 0.737. The molecule has 1 fully saturated rings. The van der Waals surface area contributed by atoms with Crippen LogP contribution in [0, 0.1) is 11.3 Å². The maximum absolute atomic E-state index is 12.7. The summed E-state index contributed by atoms with van der Waals surface area (Å²) in [5.41, 5.74) is -0.308. The fourth-order valence-corrected chi connectivity index (χ4v) is 3.70. The average Bonchev–Trinajstić information content (AvgIpc) is 3.24. The molecule has 1 saturated carbocycles. The molecule has 0 saturated heterocycles. The van der Waals surface area contributed by atoms with Crippen molar-refractivity contribution in [1.29, 1.82) is 0 Å². The van der Waals surface area contributed by atoms with Gasteiger partial charge in [0.25, 0.3) is 0 Å². The molecule has 0 aromatic carbocycles. The Balaban J connectivity index is 1.93. The van der Waals surface area contributed by atoms with Gasteiger partial charge in [0.1, 0.15) is 5.82 Å². The standard InChI is InChI=1S/C19H34N6O/c1-15(2)13-25-11-10-21-16(25)12-22-18(20-3)23-14-19(8-6-7-9-19)17(26)24(4)5/h10-11,15H,6-9,12-14H2,1-5H3,(H2,20,22,23). The molecule has 1 aliphatic rings. The number of nitrogens with one attached hydrogen (secondary N) is 2. The Labute approximate surface area is 157 Å². The lowest BCUT2D eigenvalue weighted by atomic mass is 9.84.